The molecular weight excluding hydrogens is 417 g/mol. The molecule has 1 saturated heterocycles. The molecule has 9 heteroatoms. The number of aliphatic hydroxyl groups is 4. The molecule has 1 aromatic carbocycles. The lowest BCUT2D eigenvalue weighted by Crippen LogP contribution is -2.55. The molecule has 0 amide bonds. The zero-order chi connectivity index (χ0) is 20.5. The molecule has 0 aliphatic carbocycles. The predicted molar refractivity (Wildman–Crippen MR) is 107 cm³/mol. The average Bonchev–Trinajstić information content (AvgIpc) is 3.40. The summed E-state index contributed by atoms with van der Waals surface area (Å²) in [5.74, 6) is -0.387. The summed E-state index contributed by atoms with van der Waals surface area (Å²) in [6.45, 7) is -0.510. The zero-order valence-corrected chi connectivity index (χ0v) is 16.8. The van der Waals surface area contributed by atoms with Crippen LogP contribution in [-0.4, -0.2) is 56.4 Å². The van der Waals surface area contributed by atoms with E-state index in [1.54, 1.807) is 12.3 Å². The normalized spacial score (nSPS) is 27.3. The zero-order valence-electron chi connectivity index (χ0n) is 15.2. The highest BCUT2D eigenvalue weighted by molar-refractivity contribution is 7.21. The van der Waals surface area contributed by atoms with Crippen LogP contribution in [0.1, 0.15) is 22.1 Å². The smallest absolute Gasteiger partial charge is 0.133 e. The Morgan fingerprint density at radius 3 is 2.62 bits per heavy atom. The number of thiophene rings is 1. The number of hydrogen-bond acceptors (Lipinski definition) is 8. The van der Waals surface area contributed by atoms with Crippen molar-refractivity contribution in [3.63, 3.8) is 0 Å². The minimum atomic E-state index is -1.47. The Kier molecular flexibility index (Phi) is 6.07. The molecule has 1 aliphatic rings. The fraction of sp³-hybridized carbons (Fsp3) is 0.350. The molecule has 0 bridgehead atoms. The lowest BCUT2D eigenvalue weighted by Gasteiger charge is -2.40. The molecule has 0 spiro atoms. The van der Waals surface area contributed by atoms with E-state index in [0.29, 0.717) is 17.5 Å². The minimum absolute atomic E-state index is 0.354. The van der Waals surface area contributed by atoms with E-state index in [1.807, 2.05) is 17.5 Å². The molecule has 1 fully saturated rings. The van der Waals surface area contributed by atoms with Gasteiger partial charge in [-0.05, 0) is 35.4 Å². The van der Waals surface area contributed by atoms with Crippen molar-refractivity contribution < 1.29 is 29.6 Å². The number of rotatable bonds is 5. The van der Waals surface area contributed by atoms with Crippen LogP contribution in [0.5, 0.6) is 0 Å². The number of aromatic nitrogens is 1. The highest BCUT2D eigenvalue weighted by Crippen LogP contribution is 2.35. The van der Waals surface area contributed by atoms with Crippen molar-refractivity contribution in [2.24, 2.45) is 0 Å². The average molecular weight is 438 g/mol. The Labute approximate surface area is 174 Å². The molecule has 0 unspecified atom stereocenters. The molecular formula is C20H20FNO5S2. The summed E-state index contributed by atoms with van der Waals surface area (Å²) >= 11 is 3.07. The standard InChI is InChI=1S/C20H20FNO5S2/c21-13-3-1-10(19-18(26)17(25)16(24)14(9-23)27-19)7-11(13)8-12-2-4-15(29-12)20-22-5-6-28-20/h1-7,14,16-19,23-26H,8-9H2/t14-,16-,17+,18-,19+/m1/s1. The Morgan fingerprint density at radius 2 is 1.90 bits per heavy atom. The first kappa shape index (κ1) is 20.5. The molecule has 29 heavy (non-hydrogen) atoms. The fourth-order valence-electron chi connectivity index (χ4n) is 3.40. The van der Waals surface area contributed by atoms with Crippen LogP contribution in [0.25, 0.3) is 9.88 Å². The van der Waals surface area contributed by atoms with Gasteiger partial charge >= 0.3 is 0 Å². The van der Waals surface area contributed by atoms with Gasteiger partial charge in [0.25, 0.3) is 0 Å². The van der Waals surface area contributed by atoms with Crippen LogP contribution in [0.4, 0.5) is 4.39 Å². The number of hydrogen-bond donors (Lipinski definition) is 4. The van der Waals surface area contributed by atoms with Crippen LogP contribution in [-0.2, 0) is 11.2 Å². The van der Waals surface area contributed by atoms with Gasteiger partial charge in [0.05, 0.1) is 11.5 Å². The van der Waals surface area contributed by atoms with Crippen molar-refractivity contribution >= 4 is 22.7 Å². The number of benzene rings is 1. The SMILES string of the molecule is OC[C@H]1O[C@@H](c2ccc(F)c(Cc3ccc(-c4nccs4)s3)c2)[C@H](O)[C@@H](O)[C@@H]1O. The number of ether oxygens (including phenoxy) is 1. The molecule has 0 saturated carbocycles. The maximum atomic E-state index is 14.4. The quantitative estimate of drug-likeness (QED) is 0.488. The van der Waals surface area contributed by atoms with E-state index in [-0.39, 0.29) is 5.82 Å². The van der Waals surface area contributed by atoms with E-state index < -0.39 is 37.1 Å². The van der Waals surface area contributed by atoms with Crippen molar-refractivity contribution in [1.29, 1.82) is 0 Å². The van der Waals surface area contributed by atoms with Crippen molar-refractivity contribution in [3.8, 4) is 9.88 Å². The predicted octanol–water partition coefficient (Wildman–Crippen LogP) is 2.12. The topological polar surface area (TPSA) is 103 Å². The van der Waals surface area contributed by atoms with Crippen LogP contribution in [0.15, 0.2) is 41.9 Å². The maximum Gasteiger partial charge on any atom is 0.133 e. The van der Waals surface area contributed by atoms with Gasteiger partial charge in [-0.1, -0.05) is 6.07 Å². The molecule has 3 heterocycles. The Morgan fingerprint density at radius 1 is 1.07 bits per heavy atom. The fourth-order valence-corrected chi connectivity index (χ4v) is 5.15. The van der Waals surface area contributed by atoms with Gasteiger partial charge < -0.3 is 25.2 Å². The van der Waals surface area contributed by atoms with E-state index in [9.17, 15) is 24.8 Å². The third-order valence-corrected chi connectivity index (χ3v) is 6.99. The van der Waals surface area contributed by atoms with Gasteiger partial charge in [0.1, 0.15) is 41.3 Å². The third-order valence-electron chi connectivity index (χ3n) is 4.96. The van der Waals surface area contributed by atoms with E-state index in [1.165, 1.54) is 34.8 Å². The highest BCUT2D eigenvalue weighted by atomic mass is 32.1. The number of halogens is 1. The first-order valence-corrected chi connectivity index (χ1v) is 10.7. The van der Waals surface area contributed by atoms with Crippen LogP contribution >= 0.6 is 22.7 Å². The van der Waals surface area contributed by atoms with Crippen LogP contribution < -0.4 is 0 Å². The van der Waals surface area contributed by atoms with Crippen molar-refractivity contribution in [2.45, 2.75) is 36.9 Å². The molecule has 1 aliphatic heterocycles. The van der Waals surface area contributed by atoms with E-state index in [0.717, 1.165) is 14.8 Å². The second-order valence-electron chi connectivity index (χ2n) is 6.88. The van der Waals surface area contributed by atoms with Gasteiger partial charge in [-0.2, -0.15) is 0 Å². The minimum Gasteiger partial charge on any atom is -0.394 e. The summed E-state index contributed by atoms with van der Waals surface area (Å²) in [4.78, 5) is 6.26. The van der Waals surface area contributed by atoms with E-state index in [4.69, 9.17) is 4.74 Å². The number of nitrogens with zero attached hydrogens (tertiary/aromatic N) is 1. The Hall–Kier alpha value is -1.72. The molecule has 6 nitrogen and oxygen atoms in total. The second-order valence-corrected chi connectivity index (χ2v) is 8.94. The molecule has 4 rings (SSSR count). The van der Waals surface area contributed by atoms with Crippen LogP contribution in [0, 0.1) is 5.82 Å². The largest absolute Gasteiger partial charge is 0.394 e. The molecule has 2 aromatic heterocycles. The maximum absolute atomic E-state index is 14.4. The van der Waals surface area contributed by atoms with Gasteiger partial charge in [-0.15, -0.1) is 22.7 Å². The Balaban J connectivity index is 1.58. The first-order valence-electron chi connectivity index (χ1n) is 9.05. The molecule has 0 radical (unpaired) electrons. The summed E-state index contributed by atoms with van der Waals surface area (Å²) in [6.07, 6.45) is -4.21. The van der Waals surface area contributed by atoms with E-state index >= 15 is 0 Å². The highest BCUT2D eigenvalue weighted by Gasteiger charge is 2.44. The summed E-state index contributed by atoms with van der Waals surface area (Å²) in [7, 11) is 0. The van der Waals surface area contributed by atoms with E-state index in [2.05, 4.69) is 4.98 Å². The van der Waals surface area contributed by atoms with Gasteiger partial charge in [-0.3, -0.25) is 0 Å². The third kappa shape index (κ3) is 4.13. The summed E-state index contributed by atoms with van der Waals surface area (Å²) in [5, 5.41) is 42.5. The lowest BCUT2D eigenvalue weighted by molar-refractivity contribution is -0.231. The van der Waals surface area contributed by atoms with Crippen LogP contribution in [0.2, 0.25) is 0 Å². The molecule has 154 valence electrons. The number of thiazole rings is 1. The van der Waals surface area contributed by atoms with Gasteiger partial charge in [0, 0.05) is 22.9 Å². The molecule has 3 aromatic rings. The summed E-state index contributed by atoms with van der Waals surface area (Å²) in [6, 6.07) is 8.24. The van der Waals surface area contributed by atoms with Gasteiger partial charge in [0.15, 0.2) is 0 Å². The summed E-state index contributed by atoms with van der Waals surface area (Å²) in [5.41, 5.74) is 0.891. The molecule has 4 N–H and O–H groups in total. The lowest BCUT2D eigenvalue weighted by atomic mass is 9.90. The van der Waals surface area contributed by atoms with Crippen molar-refractivity contribution in [2.75, 3.05) is 6.61 Å². The van der Waals surface area contributed by atoms with Crippen LogP contribution in [0.3, 0.4) is 0 Å². The van der Waals surface area contributed by atoms with Crippen molar-refractivity contribution in [1.82, 2.24) is 4.98 Å². The second kappa shape index (κ2) is 8.57. The summed E-state index contributed by atoms with van der Waals surface area (Å²) < 4.78 is 20.0. The van der Waals surface area contributed by atoms with Crippen molar-refractivity contribution in [3.05, 3.63) is 63.7 Å². The molecule has 5 atom stereocenters. The van der Waals surface area contributed by atoms with Gasteiger partial charge in [0.2, 0.25) is 0 Å². The Bertz CT molecular complexity index is 962. The first-order chi connectivity index (χ1) is 14.0. The van der Waals surface area contributed by atoms with Gasteiger partial charge in [-0.25, -0.2) is 9.37 Å². The number of aliphatic hydroxyl groups excluding tert-OH is 4. The monoisotopic (exact) mass is 437 g/mol.